The largest absolute Gasteiger partial charge is 0.355 e. The van der Waals surface area contributed by atoms with Crippen molar-refractivity contribution < 1.29 is 9.18 Å². The highest BCUT2D eigenvalue weighted by Crippen LogP contribution is 2.15. The zero-order valence-electron chi connectivity index (χ0n) is 9.34. The van der Waals surface area contributed by atoms with Crippen molar-refractivity contribution in [1.82, 2.24) is 5.32 Å². The van der Waals surface area contributed by atoms with Gasteiger partial charge in [-0.1, -0.05) is 6.07 Å². The predicted molar refractivity (Wildman–Crippen MR) is 63.1 cm³/mol. The van der Waals surface area contributed by atoms with Gasteiger partial charge in [-0.15, -0.1) is 11.6 Å². The van der Waals surface area contributed by atoms with E-state index < -0.39 is 11.2 Å². The number of carbonyl (C=O) groups is 1. The average molecular weight is 255 g/mol. The number of carbonyl (C=O) groups excluding carboxylic acids is 1. The second kappa shape index (κ2) is 6.21. The fourth-order valence-electron chi connectivity index (χ4n) is 1.40. The molecule has 1 unspecified atom stereocenters. The minimum atomic E-state index is -0.757. The molecule has 0 saturated heterocycles. The Morgan fingerprint density at radius 1 is 1.65 bits per heavy atom. The smallest absolute Gasteiger partial charge is 0.238 e. The lowest BCUT2D eigenvalue weighted by atomic mass is 10.0. The van der Waals surface area contributed by atoms with E-state index >= 15 is 0 Å². The molecule has 0 aliphatic rings. The van der Waals surface area contributed by atoms with Crippen molar-refractivity contribution >= 4 is 17.5 Å². The topological polar surface area (TPSA) is 52.9 Å². The van der Waals surface area contributed by atoms with Gasteiger partial charge in [-0.2, -0.15) is 5.26 Å². The first kappa shape index (κ1) is 13.5. The molecular weight excluding hydrogens is 243 g/mol. The highest BCUT2D eigenvalue weighted by atomic mass is 35.5. The van der Waals surface area contributed by atoms with E-state index in [9.17, 15) is 9.18 Å². The van der Waals surface area contributed by atoms with Crippen molar-refractivity contribution in [2.45, 2.75) is 18.7 Å². The van der Waals surface area contributed by atoms with Crippen LogP contribution in [-0.2, 0) is 11.2 Å². The van der Waals surface area contributed by atoms with Crippen molar-refractivity contribution in [3.8, 4) is 6.07 Å². The molecule has 3 nitrogen and oxygen atoms in total. The van der Waals surface area contributed by atoms with Crippen LogP contribution in [0.1, 0.15) is 18.1 Å². The van der Waals surface area contributed by atoms with Crippen LogP contribution in [0.5, 0.6) is 0 Å². The number of hydrogen-bond acceptors (Lipinski definition) is 2. The molecule has 5 heteroatoms. The lowest BCUT2D eigenvalue weighted by molar-refractivity contribution is -0.120. The van der Waals surface area contributed by atoms with Gasteiger partial charge >= 0.3 is 0 Å². The van der Waals surface area contributed by atoms with Gasteiger partial charge in [0.05, 0.1) is 11.6 Å². The molecule has 17 heavy (non-hydrogen) atoms. The first-order chi connectivity index (χ1) is 8.08. The second-order valence-electron chi connectivity index (χ2n) is 3.48. The summed E-state index contributed by atoms with van der Waals surface area (Å²) in [5.74, 6) is -0.767. The Morgan fingerprint density at radius 2 is 2.35 bits per heavy atom. The Kier molecular flexibility index (Phi) is 4.92. The van der Waals surface area contributed by atoms with Crippen molar-refractivity contribution in [3.05, 3.63) is 35.1 Å². The lowest BCUT2D eigenvalue weighted by Gasteiger charge is -2.10. The molecule has 0 spiro atoms. The van der Waals surface area contributed by atoms with Crippen molar-refractivity contribution in [3.63, 3.8) is 0 Å². The molecule has 0 fully saturated rings. The number of nitriles is 1. The highest BCUT2D eigenvalue weighted by Gasteiger charge is 2.17. The standard InChI is InChI=1S/C12H12ClFN2O/c1-2-16-12(17)11(13)6-8-3-4-10(14)5-9(8)7-15/h3-5,11H,2,6H2,1H3,(H,16,17). The number of halogens is 2. The molecule has 0 aliphatic heterocycles. The van der Waals surface area contributed by atoms with Gasteiger partial charge in [0, 0.05) is 6.54 Å². The molecule has 0 heterocycles. The van der Waals surface area contributed by atoms with E-state index in [4.69, 9.17) is 16.9 Å². The third-order valence-corrected chi connectivity index (χ3v) is 2.58. The summed E-state index contributed by atoms with van der Waals surface area (Å²) in [6.07, 6.45) is 0.205. The summed E-state index contributed by atoms with van der Waals surface area (Å²) in [5, 5.41) is 10.7. The number of amides is 1. The van der Waals surface area contributed by atoms with E-state index in [-0.39, 0.29) is 17.9 Å². The number of nitrogens with zero attached hydrogens (tertiary/aromatic N) is 1. The van der Waals surface area contributed by atoms with Gasteiger partial charge in [-0.25, -0.2) is 4.39 Å². The monoisotopic (exact) mass is 254 g/mol. The molecule has 1 aromatic rings. The van der Waals surface area contributed by atoms with E-state index in [0.717, 1.165) is 6.07 Å². The number of nitrogens with one attached hydrogen (secondary N) is 1. The molecule has 1 atom stereocenters. The zero-order valence-corrected chi connectivity index (χ0v) is 10.1. The van der Waals surface area contributed by atoms with E-state index in [1.165, 1.54) is 12.1 Å². The van der Waals surface area contributed by atoms with Gasteiger partial charge < -0.3 is 5.32 Å². The fraction of sp³-hybridized carbons (Fsp3) is 0.333. The van der Waals surface area contributed by atoms with E-state index in [2.05, 4.69) is 5.32 Å². The molecule has 0 bridgehead atoms. The highest BCUT2D eigenvalue weighted by molar-refractivity contribution is 6.30. The van der Waals surface area contributed by atoms with Crippen molar-refractivity contribution in [2.75, 3.05) is 6.54 Å². The summed E-state index contributed by atoms with van der Waals surface area (Å²) < 4.78 is 12.9. The maximum Gasteiger partial charge on any atom is 0.238 e. The van der Waals surface area contributed by atoms with Crippen LogP contribution in [0.3, 0.4) is 0 Å². The number of alkyl halides is 1. The van der Waals surface area contributed by atoms with Crippen LogP contribution in [0, 0.1) is 17.1 Å². The van der Waals surface area contributed by atoms with Crippen LogP contribution in [-0.4, -0.2) is 17.8 Å². The Bertz CT molecular complexity index is 456. The third-order valence-electron chi connectivity index (χ3n) is 2.23. The van der Waals surface area contributed by atoms with Crippen LogP contribution in [0.15, 0.2) is 18.2 Å². The van der Waals surface area contributed by atoms with Crippen molar-refractivity contribution in [1.29, 1.82) is 5.26 Å². The van der Waals surface area contributed by atoms with Gasteiger partial charge in [0.1, 0.15) is 11.2 Å². The SMILES string of the molecule is CCNC(=O)C(Cl)Cc1ccc(F)cc1C#N. The molecule has 1 aromatic carbocycles. The summed E-state index contributed by atoms with van der Waals surface area (Å²) in [7, 11) is 0. The first-order valence-corrected chi connectivity index (χ1v) is 5.62. The Morgan fingerprint density at radius 3 is 2.94 bits per heavy atom. The molecule has 1 rings (SSSR count). The van der Waals surface area contributed by atoms with Gasteiger partial charge in [-0.3, -0.25) is 4.79 Å². The minimum absolute atomic E-state index is 0.205. The Balaban J connectivity index is 2.82. The van der Waals surface area contributed by atoms with E-state index in [0.29, 0.717) is 12.1 Å². The molecule has 0 radical (unpaired) electrons. The van der Waals surface area contributed by atoms with Gasteiger partial charge in [0.2, 0.25) is 5.91 Å². The van der Waals surface area contributed by atoms with Crippen LogP contribution in [0.4, 0.5) is 4.39 Å². The van der Waals surface area contributed by atoms with Crippen LogP contribution >= 0.6 is 11.6 Å². The Labute approximate surface area is 104 Å². The summed E-state index contributed by atoms with van der Waals surface area (Å²) in [6, 6.07) is 5.74. The molecule has 90 valence electrons. The normalized spacial score (nSPS) is 11.6. The van der Waals surface area contributed by atoms with E-state index in [1.807, 2.05) is 6.07 Å². The van der Waals surface area contributed by atoms with Crippen LogP contribution in [0.2, 0.25) is 0 Å². The Hall–Kier alpha value is -1.60. The minimum Gasteiger partial charge on any atom is -0.355 e. The fourth-order valence-corrected chi connectivity index (χ4v) is 1.64. The predicted octanol–water partition coefficient (Wildman–Crippen LogP) is 1.98. The van der Waals surface area contributed by atoms with Gasteiger partial charge in [-0.05, 0) is 31.0 Å². The van der Waals surface area contributed by atoms with Gasteiger partial charge in [0.15, 0.2) is 0 Å². The summed E-state index contributed by atoms with van der Waals surface area (Å²) >= 11 is 5.90. The molecule has 0 aliphatic carbocycles. The lowest BCUT2D eigenvalue weighted by Crippen LogP contribution is -2.32. The third kappa shape index (κ3) is 3.72. The van der Waals surface area contributed by atoms with Crippen molar-refractivity contribution in [2.24, 2.45) is 0 Å². The molecule has 0 aromatic heterocycles. The maximum absolute atomic E-state index is 12.9. The molecule has 1 amide bonds. The zero-order chi connectivity index (χ0) is 12.8. The first-order valence-electron chi connectivity index (χ1n) is 5.18. The number of hydrogen-bond donors (Lipinski definition) is 1. The van der Waals surface area contributed by atoms with Gasteiger partial charge in [0.25, 0.3) is 0 Å². The van der Waals surface area contributed by atoms with Crippen LogP contribution < -0.4 is 5.32 Å². The summed E-state index contributed by atoms with van der Waals surface area (Å²) in [4.78, 5) is 11.4. The van der Waals surface area contributed by atoms with Crippen LogP contribution in [0.25, 0.3) is 0 Å². The second-order valence-corrected chi connectivity index (χ2v) is 4.01. The summed E-state index contributed by atoms with van der Waals surface area (Å²) in [6.45, 7) is 2.29. The molecular formula is C12H12ClFN2O. The number of rotatable bonds is 4. The number of benzene rings is 1. The average Bonchev–Trinajstić information content (AvgIpc) is 2.31. The molecule has 0 saturated carbocycles. The summed E-state index contributed by atoms with van der Waals surface area (Å²) in [5.41, 5.74) is 0.778. The maximum atomic E-state index is 12.9. The molecule has 1 N–H and O–H groups in total. The quantitative estimate of drug-likeness (QED) is 0.836. The van der Waals surface area contributed by atoms with E-state index in [1.54, 1.807) is 6.92 Å².